The first-order valence-electron chi connectivity index (χ1n) is 14.6. The first kappa shape index (κ1) is 37.2. The first-order valence-corrected chi connectivity index (χ1v) is 14.6. The number of carbonyl (C=O) groups excluding carboxylic acids is 5. The van der Waals surface area contributed by atoms with Gasteiger partial charge in [0.2, 0.25) is 11.8 Å². The van der Waals surface area contributed by atoms with Crippen LogP contribution in [-0.2, 0) is 41.4 Å². The third-order valence-corrected chi connectivity index (χ3v) is 6.05. The second-order valence-corrected chi connectivity index (χ2v) is 12.5. The van der Waals surface area contributed by atoms with E-state index >= 15 is 0 Å². The first-order chi connectivity index (χ1) is 21.3. The van der Waals surface area contributed by atoms with Gasteiger partial charge in [-0.1, -0.05) is 24.3 Å². The molecule has 0 saturated carbocycles. The highest BCUT2D eigenvalue weighted by Gasteiger charge is 2.31. The number of hydrogen-bond donors (Lipinski definition) is 6. The summed E-state index contributed by atoms with van der Waals surface area (Å²) in [5, 5.41) is 29.3. The summed E-state index contributed by atoms with van der Waals surface area (Å²) in [7, 11) is 1.11. The van der Waals surface area contributed by atoms with Crippen LogP contribution >= 0.6 is 0 Å². The monoisotopic (exact) mass is 644 g/mol. The zero-order chi connectivity index (χ0) is 34.7. The SMILES string of the molecule is COC(=O)[C@H](CNC(=O)[C@H](Cc1ccc(O)cc1)NC(=O)OC(C)(C)C)NC(=O)[C@H](Cc1ccc(O)cc1)NC(=O)OC(C)(C)C. The summed E-state index contributed by atoms with van der Waals surface area (Å²) in [6.07, 6.45) is -1.75. The van der Waals surface area contributed by atoms with Crippen molar-refractivity contribution in [1.29, 1.82) is 0 Å². The summed E-state index contributed by atoms with van der Waals surface area (Å²) in [4.78, 5) is 64.5. The number of esters is 1. The molecular weight excluding hydrogens is 600 g/mol. The average Bonchev–Trinajstić information content (AvgIpc) is 2.94. The number of nitrogens with one attached hydrogen (secondary N) is 4. The number of alkyl carbamates (subject to hydrolysis) is 2. The molecule has 46 heavy (non-hydrogen) atoms. The Morgan fingerprint density at radius 2 is 1.02 bits per heavy atom. The number of amides is 4. The highest BCUT2D eigenvalue weighted by Crippen LogP contribution is 2.14. The number of carbonyl (C=O) groups is 5. The van der Waals surface area contributed by atoms with Crippen LogP contribution in [0.15, 0.2) is 48.5 Å². The molecule has 0 aromatic heterocycles. The molecular formula is C32H44N4O10. The molecule has 2 aromatic rings. The second-order valence-electron chi connectivity index (χ2n) is 12.5. The minimum Gasteiger partial charge on any atom is -0.508 e. The fraction of sp³-hybridized carbons (Fsp3) is 0.469. The van der Waals surface area contributed by atoms with Gasteiger partial charge in [0.1, 0.15) is 40.8 Å². The number of rotatable bonds is 12. The van der Waals surface area contributed by atoms with Gasteiger partial charge in [0.05, 0.1) is 7.11 Å². The molecule has 0 aliphatic heterocycles. The Bertz CT molecular complexity index is 1350. The smallest absolute Gasteiger partial charge is 0.408 e. The van der Waals surface area contributed by atoms with Crippen molar-refractivity contribution in [2.75, 3.05) is 13.7 Å². The molecule has 4 amide bonds. The molecule has 2 aromatic carbocycles. The Morgan fingerprint density at radius 1 is 0.630 bits per heavy atom. The molecule has 0 saturated heterocycles. The average molecular weight is 645 g/mol. The number of ether oxygens (including phenoxy) is 3. The van der Waals surface area contributed by atoms with Crippen LogP contribution in [0.1, 0.15) is 52.7 Å². The van der Waals surface area contributed by atoms with Gasteiger partial charge >= 0.3 is 18.2 Å². The molecule has 0 fully saturated rings. The summed E-state index contributed by atoms with van der Waals surface area (Å²) < 4.78 is 15.4. The van der Waals surface area contributed by atoms with Gasteiger partial charge in [0, 0.05) is 19.4 Å². The summed E-state index contributed by atoms with van der Waals surface area (Å²) in [5.74, 6) is -2.34. The molecule has 2 rings (SSSR count). The Labute approximate surface area is 268 Å². The predicted octanol–water partition coefficient (Wildman–Crippen LogP) is 2.44. The molecule has 252 valence electrons. The van der Waals surface area contributed by atoms with Crippen molar-refractivity contribution in [3.63, 3.8) is 0 Å². The van der Waals surface area contributed by atoms with Gasteiger partial charge in [-0.2, -0.15) is 0 Å². The highest BCUT2D eigenvalue weighted by molar-refractivity contribution is 5.91. The fourth-order valence-electron chi connectivity index (χ4n) is 3.99. The molecule has 0 unspecified atom stereocenters. The van der Waals surface area contributed by atoms with E-state index in [0.29, 0.717) is 11.1 Å². The van der Waals surface area contributed by atoms with Crippen LogP contribution in [0.3, 0.4) is 0 Å². The molecule has 0 bridgehead atoms. The number of phenolic OH excluding ortho intramolecular Hbond substituents is 2. The Kier molecular flexibility index (Phi) is 13.2. The fourth-order valence-corrected chi connectivity index (χ4v) is 3.99. The summed E-state index contributed by atoms with van der Waals surface area (Å²) in [6, 6.07) is 8.22. The van der Waals surface area contributed by atoms with Crippen LogP contribution in [0, 0.1) is 0 Å². The Balaban J connectivity index is 2.23. The lowest BCUT2D eigenvalue weighted by Gasteiger charge is -2.26. The maximum absolute atomic E-state index is 13.4. The second kappa shape index (κ2) is 16.3. The van der Waals surface area contributed by atoms with E-state index in [9.17, 15) is 34.2 Å². The zero-order valence-electron chi connectivity index (χ0n) is 27.1. The molecule has 0 aliphatic carbocycles. The van der Waals surface area contributed by atoms with Crippen molar-refractivity contribution < 1.29 is 48.4 Å². The number of aromatic hydroxyl groups is 2. The Morgan fingerprint density at radius 3 is 1.39 bits per heavy atom. The van der Waals surface area contributed by atoms with Crippen molar-refractivity contribution >= 4 is 30.0 Å². The van der Waals surface area contributed by atoms with E-state index in [0.717, 1.165) is 7.11 Å². The van der Waals surface area contributed by atoms with E-state index in [2.05, 4.69) is 21.3 Å². The van der Waals surface area contributed by atoms with Crippen LogP contribution in [0.2, 0.25) is 0 Å². The van der Waals surface area contributed by atoms with Crippen molar-refractivity contribution in [2.45, 2.75) is 83.7 Å². The lowest BCUT2D eigenvalue weighted by molar-refractivity contribution is -0.145. The van der Waals surface area contributed by atoms with E-state index in [1.165, 1.54) is 24.3 Å². The number of benzene rings is 2. The summed E-state index contributed by atoms with van der Waals surface area (Å²) in [6.45, 7) is 9.53. The molecule has 0 spiro atoms. The molecule has 14 nitrogen and oxygen atoms in total. The molecule has 0 aliphatic rings. The lowest BCUT2D eigenvalue weighted by Crippen LogP contribution is -2.57. The normalized spacial score (nSPS) is 13.3. The van der Waals surface area contributed by atoms with Gasteiger partial charge in [0.25, 0.3) is 0 Å². The maximum atomic E-state index is 13.4. The topological polar surface area (TPSA) is 202 Å². The van der Waals surface area contributed by atoms with Gasteiger partial charge in [0.15, 0.2) is 0 Å². The minimum absolute atomic E-state index is 0.00905. The van der Waals surface area contributed by atoms with Gasteiger partial charge in [-0.15, -0.1) is 0 Å². The van der Waals surface area contributed by atoms with E-state index < -0.39 is 65.8 Å². The van der Waals surface area contributed by atoms with Crippen molar-refractivity contribution in [3.8, 4) is 11.5 Å². The predicted molar refractivity (Wildman–Crippen MR) is 167 cm³/mol. The largest absolute Gasteiger partial charge is 0.508 e. The number of hydrogen-bond acceptors (Lipinski definition) is 10. The van der Waals surface area contributed by atoms with E-state index in [1.807, 2.05) is 0 Å². The van der Waals surface area contributed by atoms with Crippen LogP contribution in [-0.4, -0.2) is 83.2 Å². The molecule has 0 radical (unpaired) electrons. The van der Waals surface area contributed by atoms with Crippen molar-refractivity contribution in [2.24, 2.45) is 0 Å². The highest BCUT2D eigenvalue weighted by atomic mass is 16.6. The van der Waals surface area contributed by atoms with Crippen LogP contribution in [0.4, 0.5) is 9.59 Å². The molecule has 14 heteroatoms. The standard InChI is InChI=1S/C32H44N4O10/c1-31(2,3)45-29(42)35-23(16-19-8-12-21(37)13-9-19)26(39)33-18-25(28(41)44-7)34-27(40)24(36-30(43)46-32(4,5)6)17-20-10-14-22(38)15-11-20/h8-15,23-25,37-38H,16-18H2,1-7H3,(H,33,39)(H,34,40)(H,35,42)(H,36,43)/t23-,24-,25-/m0/s1. The van der Waals surface area contributed by atoms with Crippen LogP contribution < -0.4 is 21.3 Å². The summed E-state index contributed by atoms with van der Waals surface area (Å²) in [5.41, 5.74) is -0.500. The molecule has 0 heterocycles. The van der Waals surface area contributed by atoms with Gasteiger partial charge < -0.3 is 45.7 Å². The van der Waals surface area contributed by atoms with Gasteiger partial charge in [-0.25, -0.2) is 14.4 Å². The van der Waals surface area contributed by atoms with E-state index in [-0.39, 0.29) is 24.3 Å². The Hall–Kier alpha value is -5.01. The van der Waals surface area contributed by atoms with Gasteiger partial charge in [-0.3, -0.25) is 9.59 Å². The zero-order valence-corrected chi connectivity index (χ0v) is 27.1. The van der Waals surface area contributed by atoms with E-state index in [1.54, 1.807) is 65.8 Å². The maximum Gasteiger partial charge on any atom is 0.408 e. The molecule has 3 atom stereocenters. The molecule has 6 N–H and O–H groups in total. The summed E-state index contributed by atoms with van der Waals surface area (Å²) >= 11 is 0. The number of phenols is 2. The van der Waals surface area contributed by atoms with E-state index in [4.69, 9.17) is 14.2 Å². The third-order valence-electron chi connectivity index (χ3n) is 6.05. The minimum atomic E-state index is -1.39. The van der Waals surface area contributed by atoms with Crippen LogP contribution in [0.25, 0.3) is 0 Å². The number of methoxy groups -OCH3 is 1. The van der Waals surface area contributed by atoms with Gasteiger partial charge in [-0.05, 0) is 76.9 Å². The van der Waals surface area contributed by atoms with Crippen molar-refractivity contribution in [3.05, 3.63) is 59.7 Å². The quantitative estimate of drug-likeness (QED) is 0.147. The van der Waals surface area contributed by atoms with Crippen LogP contribution in [0.5, 0.6) is 11.5 Å². The third kappa shape index (κ3) is 13.7. The lowest BCUT2D eigenvalue weighted by atomic mass is 10.0. The van der Waals surface area contributed by atoms with Crippen molar-refractivity contribution in [1.82, 2.24) is 21.3 Å².